The first kappa shape index (κ1) is 22.5. The lowest BCUT2D eigenvalue weighted by Crippen LogP contribution is -2.21. The maximum absolute atomic E-state index is 12.2. The van der Waals surface area contributed by atoms with Crippen LogP contribution in [0.3, 0.4) is 0 Å². The van der Waals surface area contributed by atoms with Crippen LogP contribution in [0.4, 0.5) is 5.69 Å². The molecule has 0 aliphatic heterocycles. The van der Waals surface area contributed by atoms with E-state index in [2.05, 4.69) is 19.2 Å². The van der Waals surface area contributed by atoms with Crippen LogP contribution in [0.2, 0.25) is 0 Å². The van der Waals surface area contributed by atoms with Crippen molar-refractivity contribution in [3.63, 3.8) is 0 Å². The summed E-state index contributed by atoms with van der Waals surface area (Å²) in [6.07, 6.45) is 1.43. The second kappa shape index (κ2) is 10.7. The molecule has 0 aliphatic rings. The molecular weight excluding hydrogens is 384 g/mol. The van der Waals surface area contributed by atoms with Crippen LogP contribution < -0.4 is 14.8 Å². The van der Waals surface area contributed by atoms with E-state index in [0.717, 1.165) is 5.56 Å². The van der Waals surface area contributed by atoms with E-state index in [-0.39, 0.29) is 5.57 Å². The lowest BCUT2D eigenvalue weighted by molar-refractivity contribution is -0.142. The van der Waals surface area contributed by atoms with Crippen molar-refractivity contribution in [3.05, 3.63) is 59.2 Å². The van der Waals surface area contributed by atoms with Gasteiger partial charge in [-0.1, -0.05) is 38.1 Å². The number of amides is 1. The van der Waals surface area contributed by atoms with Crippen molar-refractivity contribution in [3.8, 4) is 17.6 Å². The van der Waals surface area contributed by atoms with Crippen LogP contribution in [0, 0.1) is 11.3 Å². The van der Waals surface area contributed by atoms with Gasteiger partial charge in [-0.25, -0.2) is 4.79 Å². The Morgan fingerprint density at radius 2 is 1.80 bits per heavy atom. The lowest BCUT2D eigenvalue weighted by atomic mass is 10.0. The molecule has 30 heavy (non-hydrogen) atoms. The highest BCUT2D eigenvalue weighted by Gasteiger charge is 2.15. The van der Waals surface area contributed by atoms with E-state index in [0.29, 0.717) is 28.7 Å². The van der Waals surface area contributed by atoms with Gasteiger partial charge in [0.1, 0.15) is 23.1 Å². The molecule has 1 amide bonds. The van der Waals surface area contributed by atoms with E-state index < -0.39 is 18.5 Å². The Bertz CT molecular complexity index is 972. The number of esters is 1. The normalized spacial score (nSPS) is 10.9. The molecule has 0 bridgehead atoms. The van der Waals surface area contributed by atoms with Gasteiger partial charge in [0.15, 0.2) is 6.61 Å². The van der Waals surface area contributed by atoms with Crippen molar-refractivity contribution in [2.75, 3.05) is 26.1 Å². The highest BCUT2D eigenvalue weighted by molar-refractivity contribution is 6.00. The average Bonchev–Trinajstić information content (AvgIpc) is 2.76. The fourth-order valence-electron chi connectivity index (χ4n) is 2.59. The summed E-state index contributed by atoms with van der Waals surface area (Å²) in [4.78, 5) is 24.4. The van der Waals surface area contributed by atoms with E-state index >= 15 is 0 Å². The number of benzene rings is 2. The van der Waals surface area contributed by atoms with Crippen LogP contribution >= 0.6 is 0 Å². The largest absolute Gasteiger partial charge is 0.497 e. The minimum Gasteiger partial charge on any atom is -0.497 e. The smallest absolute Gasteiger partial charge is 0.349 e. The topological polar surface area (TPSA) is 97.7 Å². The monoisotopic (exact) mass is 408 g/mol. The van der Waals surface area contributed by atoms with Crippen LogP contribution in [-0.2, 0) is 14.3 Å². The summed E-state index contributed by atoms with van der Waals surface area (Å²) in [5.41, 5.74) is 2.02. The third-order valence-electron chi connectivity index (χ3n) is 4.27. The Morgan fingerprint density at radius 1 is 1.10 bits per heavy atom. The van der Waals surface area contributed by atoms with Crippen LogP contribution in [-0.4, -0.2) is 32.7 Å². The number of nitrogens with one attached hydrogen (secondary N) is 1. The lowest BCUT2D eigenvalue weighted by Gasteiger charge is -2.12. The summed E-state index contributed by atoms with van der Waals surface area (Å²) in [6.45, 7) is 3.61. The van der Waals surface area contributed by atoms with Crippen LogP contribution in [0.25, 0.3) is 6.08 Å². The minimum absolute atomic E-state index is 0.195. The molecule has 2 aromatic carbocycles. The average molecular weight is 408 g/mol. The molecule has 156 valence electrons. The third kappa shape index (κ3) is 6.11. The summed E-state index contributed by atoms with van der Waals surface area (Å²) in [7, 11) is 2.97. The zero-order valence-electron chi connectivity index (χ0n) is 17.4. The summed E-state index contributed by atoms with van der Waals surface area (Å²) in [6, 6.07) is 14.2. The molecule has 0 radical (unpaired) electrons. The zero-order chi connectivity index (χ0) is 22.1. The van der Waals surface area contributed by atoms with Crippen LogP contribution in [0.15, 0.2) is 48.0 Å². The second-order valence-corrected chi connectivity index (χ2v) is 6.68. The molecule has 7 heteroatoms. The first-order valence-corrected chi connectivity index (χ1v) is 9.28. The number of hydrogen-bond acceptors (Lipinski definition) is 6. The minimum atomic E-state index is -0.877. The first-order valence-electron chi connectivity index (χ1n) is 9.28. The highest BCUT2D eigenvalue weighted by Crippen LogP contribution is 2.28. The molecule has 0 spiro atoms. The molecular formula is C23H24N2O5. The Hall–Kier alpha value is -3.79. The SMILES string of the molecule is COc1ccc(OC)c(NC(=O)COC(=O)/C(C#N)=C/c2ccc(C(C)C)cc2)c1. The number of methoxy groups -OCH3 is 2. The van der Waals surface area contributed by atoms with Crippen molar-refractivity contribution >= 4 is 23.6 Å². The van der Waals surface area contributed by atoms with E-state index in [4.69, 9.17) is 14.2 Å². The van der Waals surface area contributed by atoms with Crippen molar-refractivity contribution in [1.82, 2.24) is 0 Å². The summed E-state index contributed by atoms with van der Waals surface area (Å²) >= 11 is 0. The van der Waals surface area contributed by atoms with Gasteiger partial charge < -0.3 is 19.5 Å². The first-order chi connectivity index (χ1) is 14.4. The van der Waals surface area contributed by atoms with E-state index in [9.17, 15) is 14.9 Å². The van der Waals surface area contributed by atoms with E-state index in [1.807, 2.05) is 30.3 Å². The summed E-state index contributed by atoms with van der Waals surface area (Å²) < 4.78 is 15.3. The Balaban J connectivity index is 2.01. The van der Waals surface area contributed by atoms with Gasteiger partial charge in [0, 0.05) is 6.07 Å². The predicted octanol–water partition coefficient (Wildman–Crippen LogP) is 3.92. The predicted molar refractivity (Wildman–Crippen MR) is 113 cm³/mol. The van der Waals surface area contributed by atoms with E-state index in [1.54, 1.807) is 18.2 Å². The fraction of sp³-hybridized carbons (Fsp3) is 0.261. The molecule has 0 unspecified atom stereocenters. The van der Waals surface area contributed by atoms with Gasteiger partial charge in [-0.15, -0.1) is 0 Å². The number of carbonyl (C=O) groups excluding carboxylic acids is 2. The summed E-state index contributed by atoms with van der Waals surface area (Å²) in [5, 5.41) is 11.9. The molecule has 0 heterocycles. The van der Waals surface area contributed by atoms with Gasteiger partial charge in [0.25, 0.3) is 5.91 Å². The second-order valence-electron chi connectivity index (χ2n) is 6.68. The number of nitriles is 1. The Labute approximate surface area is 175 Å². The number of ether oxygens (including phenoxy) is 3. The van der Waals surface area contributed by atoms with Gasteiger partial charge >= 0.3 is 5.97 Å². The molecule has 0 atom stereocenters. The fourth-order valence-corrected chi connectivity index (χ4v) is 2.59. The van der Waals surface area contributed by atoms with Gasteiger partial charge in [0.2, 0.25) is 0 Å². The number of hydrogen-bond donors (Lipinski definition) is 1. The van der Waals surface area contributed by atoms with Crippen molar-refractivity contribution in [2.45, 2.75) is 19.8 Å². The van der Waals surface area contributed by atoms with Crippen molar-refractivity contribution < 1.29 is 23.8 Å². The van der Waals surface area contributed by atoms with Gasteiger partial charge in [-0.3, -0.25) is 4.79 Å². The number of anilines is 1. The highest BCUT2D eigenvalue weighted by atomic mass is 16.5. The molecule has 0 aliphatic carbocycles. The quantitative estimate of drug-likeness (QED) is 0.404. The Morgan fingerprint density at radius 3 is 2.37 bits per heavy atom. The number of carbonyl (C=O) groups is 2. The molecule has 0 saturated carbocycles. The third-order valence-corrected chi connectivity index (χ3v) is 4.27. The van der Waals surface area contributed by atoms with Gasteiger partial charge in [-0.05, 0) is 35.3 Å². The molecule has 2 rings (SSSR count). The number of nitrogens with zero attached hydrogens (tertiary/aromatic N) is 1. The molecule has 0 saturated heterocycles. The maximum atomic E-state index is 12.2. The molecule has 1 N–H and O–H groups in total. The van der Waals surface area contributed by atoms with Gasteiger partial charge in [-0.2, -0.15) is 5.26 Å². The Kier molecular flexibility index (Phi) is 8.00. The summed E-state index contributed by atoms with van der Waals surface area (Å²) in [5.74, 6) is -0.115. The van der Waals surface area contributed by atoms with E-state index in [1.165, 1.54) is 20.3 Å². The maximum Gasteiger partial charge on any atom is 0.349 e. The van der Waals surface area contributed by atoms with Gasteiger partial charge in [0.05, 0.1) is 19.9 Å². The molecule has 0 aromatic heterocycles. The van der Waals surface area contributed by atoms with Crippen molar-refractivity contribution in [2.24, 2.45) is 0 Å². The van der Waals surface area contributed by atoms with Crippen LogP contribution in [0.1, 0.15) is 30.9 Å². The zero-order valence-corrected chi connectivity index (χ0v) is 17.4. The molecule has 7 nitrogen and oxygen atoms in total. The van der Waals surface area contributed by atoms with Crippen LogP contribution in [0.5, 0.6) is 11.5 Å². The number of rotatable bonds is 8. The molecule has 2 aromatic rings. The standard InChI is InChI=1S/C23H24N2O5/c1-15(2)17-7-5-16(6-8-17)11-18(13-24)23(27)30-14-22(26)25-20-12-19(28-3)9-10-21(20)29-4/h5-12,15H,14H2,1-4H3,(H,25,26)/b18-11+. The molecule has 0 fully saturated rings. The van der Waals surface area contributed by atoms with Crippen molar-refractivity contribution in [1.29, 1.82) is 5.26 Å².